The van der Waals surface area contributed by atoms with Gasteiger partial charge in [-0.2, -0.15) is 0 Å². The van der Waals surface area contributed by atoms with Crippen molar-refractivity contribution in [3.05, 3.63) is 46.8 Å². The van der Waals surface area contributed by atoms with Crippen molar-refractivity contribution in [3.63, 3.8) is 0 Å². The minimum atomic E-state index is -0.0775. The minimum Gasteiger partial charge on any atom is -0.487 e. The van der Waals surface area contributed by atoms with Crippen LogP contribution in [-0.2, 0) is 18.0 Å². The average Bonchev–Trinajstić information content (AvgIpc) is 2.85. The second-order valence-corrected chi connectivity index (χ2v) is 4.84. The molecule has 2 aromatic rings. The maximum atomic E-state index is 5.97. The van der Waals surface area contributed by atoms with E-state index in [1.54, 1.807) is 7.11 Å². The van der Waals surface area contributed by atoms with Gasteiger partial charge in [0.1, 0.15) is 24.7 Å². The first-order valence-corrected chi connectivity index (χ1v) is 6.52. The van der Waals surface area contributed by atoms with Crippen LogP contribution < -0.4 is 10.5 Å². The smallest absolute Gasteiger partial charge is 0.162 e. The fourth-order valence-electron chi connectivity index (χ4n) is 1.94. The second kappa shape index (κ2) is 6.54. The molecule has 0 unspecified atom stereocenters. The molecule has 0 aliphatic rings. The molecule has 0 spiro atoms. The van der Waals surface area contributed by atoms with Crippen molar-refractivity contribution in [1.82, 2.24) is 5.16 Å². The van der Waals surface area contributed by atoms with E-state index in [9.17, 15) is 0 Å². The summed E-state index contributed by atoms with van der Waals surface area (Å²) in [5.41, 5.74) is 8.85. The van der Waals surface area contributed by atoms with Crippen LogP contribution in [0.4, 0.5) is 0 Å². The maximum Gasteiger partial charge on any atom is 0.162 e. The second-order valence-electron chi connectivity index (χ2n) is 4.84. The van der Waals surface area contributed by atoms with E-state index in [0.29, 0.717) is 19.0 Å². The van der Waals surface area contributed by atoms with Crippen LogP contribution in [0.3, 0.4) is 0 Å². The topological polar surface area (TPSA) is 70.5 Å². The Kier molecular flexibility index (Phi) is 4.76. The Bertz CT molecular complexity index is 564. The molecule has 0 fully saturated rings. The Morgan fingerprint density at radius 3 is 2.80 bits per heavy atom. The summed E-state index contributed by atoms with van der Waals surface area (Å²) < 4.78 is 15.9. The lowest BCUT2D eigenvalue weighted by atomic mass is 10.1. The molecule has 0 saturated carbocycles. The zero-order valence-electron chi connectivity index (χ0n) is 12.1. The number of aromatic nitrogens is 1. The lowest BCUT2D eigenvalue weighted by Crippen LogP contribution is -2.08. The van der Waals surface area contributed by atoms with Crippen LogP contribution >= 0.6 is 0 Å². The first kappa shape index (κ1) is 14.6. The van der Waals surface area contributed by atoms with Crippen LogP contribution in [0.15, 0.2) is 28.8 Å². The van der Waals surface area contributed by atoms with Gasteiger partial charge in [-0.3, -0.25) is 0 Å². The number of hydrogen-bond donors (Lipinski definition) is 1. The summed E-state index contributed by atoms with van der Waals surface area (Å²) in [6, 6.07) is 7.72. The molecule has 2 N–H and O–H groups in total. The number of nitrogens with two attached hydrogens (primary N) is 1. The number of hydrogen-bond acceptors (Lipinski definition) is 5. The molecule has 1 atom stereocenters. The van der Waals surface area contributed by atoms with Gasteiger partial charge in [0.2, 0.25) is 0 Å². The van der Waals surface area contributed by atoms with Crippen molar-refractivity contribution >= 4 is 0 Å². The average molecular weight is 276 g/mol. The molecule has 0 bridgehead atoms. The van der Waals surface area contributed by atoms with Gasteiger partial charge >= 0.3 is 0 Å². The molecule has 5 heteroatoms. The summed E-state index contributed by atoms with van der Waals surface area (Å²) in [5, 5.41) is 3.93. The monoisotopic (exact) mass is 276 g/mol. The predicted molar refractivity (Wildman–Crippen MR) is 75.3 cm³/mol. The minimum absolute atomic E-state index is 0.0775. The van der Waals surface area contributed by atoms with Crippen molar-refractivity contribution in [2.24, 2.45) is 5.73 Å². The van der Waals surface area contributed by atoms with Crippen molar-refractivity contribution < 1.29 is 14.0 Å². The Morgan fingerprint density at radius 1 is 1.30 bits per heavy atom. The quantitative estimate of drug-likeness (QED) is 0.878. The summed E-state index contributed by atoms with van der Waals surface area (Å²) in [4.78, 5) is 0. The van der Waals surface area contributed by atoms with E-state index in [2.05, 4.69) is 5.16 Å². The van der Waals surface area contributed by atoms with Crippen LogP contribution in [-0.4, -0.2) is 12.3 Å². The van der Waals surface area contributed by atoms with E-state index in [-0.39, 0.29) is 6.04 Å². The third kappa shape index (κ3) is 3.59. The lowest BCUT2D eigenvalue weighted by Gasteiger charge is -2.14. The molecule has 0 radical (unpaired) electrons. The van der Waals surface area contributed by atoms with Gasteiger partial charge in [-0.25, -0.2) is 0 Å². The highest BCUT2D eigenvalue weighted by atomic mass is 16.5. The summed E-state index contributed by atoms with van der Waals surface area (Å²) in [5.74, 6) is 1.46. The molecule has 0 saturated heterocycles. The normalized spacial score (nSPS) is 12.4. The van der Waals surface area contributed by atoms with Gasteiger partial charge in [0.05, 0.1) is 0 Å². The molecule has 5 nitrogen and oxygen atoms in total. The molecule has 0 aliphatic carbocycles. The van der Waals surface area contributed by atoms with Crippen molar-refractivity contribution in [1.29, 1.82) is 0 Å². The molecule has 1 aromatic heterocycles. The highest BCUT2D eigenvalue weighted by molar-refractivity contribution is 5.38. The SMILES string of the molecule is COCc1cc(COc2ccc(C)cc2[C@H](C)N)no1. The van der Waals surface area contributed by atoms with Crippen LogP contribution in [0, 0.1) is 6.92 Å². The predicted octanol–water partition coefficient (Wildman–Crippen LogP) is 2.73. The first-order chi connectivity index (χ1) is 9.60. The fraction of sp³-hybridized carbons (Fsp3) is 0.400. The summed E-state index contributed by atoms with van der Waals surface area (Å²) in [6.07, 6.45) is 0. The standard InChI is InChI=1S/C15H20N2O3/c1-10-4-5-15(14(6-10)11(2)16)19-8-12-7-13(9-18-3)20-17-12/h4-7,11H,8-9,16H2,1-3H3/t11-/m0/s1. The van der Waals surface area contributed by atoms with Crippen LogP contribution in [0.1, 0.15) is 35.5 Å². The van der Waals surface area contributed by atoms with Crippen molar-refractivity contribution in [3.8, 4) is 5.75 Å². The summed E-state index contributed by atoms with van der Waals surface area (Å²) in [6.45, 7) is 4.72. The highest BCUT2D eigenvalue weighted by Crippen LogP contribution is 2.25. The Balaban J connectivity index is 2.06. The molecule has 2 rings (SSSR count). The van der Waals surface area contributed by atoms with Gasteiger partial charge in [-0.1, -0.05) is 22.9 Å². The fourth-order valence-corrected chi connectivity index (χ4v) is 1.94. The summed E-state index contributed by atoms with van der Waals surface area (Å²) in [7, 11) is 1.61. The van der Waals surface area contributed by atoms with Crippen LogP contribution in [0.5, 0.6) is 5.75 Å². The van der Waals surface area contributed by atoms with E-state index >= 15 is 0 Å². The first-order valence-electron chi connectivity index (χ1n) is 6.52. The van der Waals surface area contributed by atoms with E-state index in [1.165, 1.54) is 0 Å². The van der Waals surface area contributed by atoms with E-state index in [1.807, 2.05) is 38.1 Å². The Labute approximate surface area is 118 Å². The van der Waals surface area contributed by atoms with Crippen LogP contribution in [0.25, 0.3) is 0 Å². The Morgan fingerprint density at radius 2 is 2.10 bits per heavy atom. The number of rotatable bonds is 6. The Hall–Kier alpha value is -1.85. The number of nitrogens with zero attached hydrogens (tertiary/aromatic N) is 1. The maximum absolute atomic E-state index is 5.97. The number of methoxy groups -OCH3 is 1. The molecule has 1 aromatic carbocycles. The number of ether oxygens (including phenoxy) is 2. The third-order valence-electron chi connectivity index (χ3n) is 2.93. The van der Waals surface area contributed by atoms with E-state index < -0.39 is 0 Å². The molecular weight excluding hydrogens is 256 g/mol. The van der Waals surface area contributed by atoms with Gasteiger partial charge in [-0.05, 0) is 19.9 Å². The number of benzene rings is 1. The zero-order chi connectivity index (χ0) is 14.5. The van der Waals surface area contributed by atoms with Gasteiger partial charge < -0.3 is 19.7 Å². The van der Waals surface area contributed by atoms with Gasteiger partial charge in [0, 0.05) is 24.8 Å². The molecular formula is C15H20N2O3. The lowest BCUT2D eigenvalue weighted by molar-refractivity contribution is 0.155. The summed E-state index contributed by atoms with van der Waals surface area (Å²) >= 11 is 0. The van der Waals surface area contributed by atoms with Crippen molar-refractivity contribution in [2.45, 2.75) is 33.1 Å². The van der Waals surface area contributed by atoms with Gasteiger partial charge in [-0.15, -0.1) is 0 Å². The third-order valence-corrected chi connectivity index (χ3v) is 2.93. The van der Waals surface area contributed by atoms with Gasteiger partial charge in [0.25, 0.3) is 0 Å². The molecule has 108 valence electrons. The zero-order valence-corrected chi connectivity index (χ0v) is 12.1. The van der Waals surface area contributed by atoms with E-state index in [4.69, 9.17) is 19.7 Å². The van der Waals surface area contributed by atoms with Crippen molar-refractivity contribution in [2.75, 3.05) is 7.11 Å². The molecule has 20 heavy (non-hydrogen) atoms. The molecule has 0 aliphatic heterocycles. The molecule has 1 heterocycles. The van der Waals surface area contributed by atoms with E-state index in [0.717, 1.165) is 22.6 Å². The largest absolute Gasteiger partial charge is 0.487 e. The van der Waals surface area contributed by atoms with Crippen LogP contribution in [0.2, 0.25) is 0 Å². The molecule has 0 amide bonds. The van der Waals surface area contributed by atoms with Gasteiger partial charge in [0.15, 0.2) is 5.76 Å². The number of aryl methyl sites for hydroxylation is 1. The highest BCUT2D eigenvalue weighted by Gasteiger charge is 2.10.